The number of rotatable bonds is 3. The van der Waals surface area contributed by atoms with E-state index in [1.807, 2.05) is 18.7 Å². The van der Waals surface area contributed by atoms with E-state index in [1.54, 1.807) is 4.90 Å². The van der Waals surface area contributed by atoms with Crippen LogP contribution in [0.4, 0.5) is 10.2 Å². The summed E-state index contributed by atoms with van der Waals surface area (Å²) < 4.78 is 20.1. The van der Waals surface area contributed by atoms with E-state index >= 15 is 0 Å². The summed E-state index contributed by atoms with van der Waals surface area (Å²) in [5, 5.41) is 9.12. The Bertz CT molecular complexity index is 710. The summed E-state index contributed by atoms with van der Waals surface area (Å²) in [7, 11) is 0. The van der Waals surface area contributed by atoms with E-state index in [0.29, 0.717) is 44.0 Å². The van der Waals surface area contributed by atoms with Gasteiger partial charge in [-0.1, -0.05) is 0 Å². The Morgan fingerprint density at radius 2 is 2.08 bits per heavy atom. The number of morpholine rings is 1. The molecular weight excluding hydrogens is 325 g/mol. The number of nitrogens with zero attached hydrogens (tertiary/aromatic N) is 4. The van der Waals surface area contributed by atoms with E-state index in [2.05, 4.69) is 11.2 Å². The van der Waals surface area contributed by atoms with Crippen molar-refractivity contribution in [3.8, 4) is 6.19 Å². The molecule has 0 saturated carbocycles. The van der Waals surface area contributed by atoms with E-state index < -0.39 is 11.7 Å². The lowest BCUT2D eigenvalue weighted by Crippen LogP contribution is -2.46. The molecule has 25 heavy (non-hydrogen) atoms. The Morgan fingerprint density at radius 1 is 1.40 bits per heavy atom. The minimum absolute atomic E-state index is 0.000309. The summed E-state index contributed by atoms with van der Waals surface area (Å²) in [6.07, 6.45) is 3.82. The van der Waals surface area contributed by atoms with Crippen LogP contribution in [0.25, 0.3) is 0 Å². The quantitative estimate of drug-likeness (QED) is 0.826. The number of nitrogens with two attached hydrogens (primary N) is 1. The molecule has 3 rings (SSSR count). The number of aromatic nitrogens is 1. The molecule has 0 radical (unpaired) electrons. The predicted octanol–water partition coefficient (Wildman–Crippen LogP) is 1.20. The maximum Gasteiger partial charge on any atom is 0.252 e. The van der Waals surface area contributed by atoms with E-state index in [9.17, 15) is 9.18 Å². The first-order valence-corrected chi connectivity index (χ1v) is 8.44. The minimum Gasteiger partial charge on any atom is -0.372 e. The number of amides is 1. The number of carbonyl (C=O) groups is 1. The van der Waals surface area contributed by atoms with Gasteiger partial charge in [-0.15, -0.1) is 0 Å². The van der Waals surface area contributed by atoms with Gasteiger partial charge in [0.1, 0.15) is 5.82 Å². The molecule has 2 saturated heterocycles. The van der Waals surface area contributed by atoms with Gasteiger partial charge in [-0.05, 0) is 20.3 Å². The van der Waals surface area contributed by atoms with Crippen LogP contribution in [0.1, 0.15) is 42.1 Å². The highest BCUT2D eigenvalue weighted by Crippen LogP contribution is 2.37. The van der Waals surface area contributed by atoms with Gasteiger partial charge >= 0.3 is 0 Å². The predicted molar refractivity (Wildman–Crippen MR) is 89.5 cm³/mol. The van der Waals surface area contributed by atoms with Gasteiger partial charge in [0.15, 0.2) is 12.0 Å². The van der Waals surface area contributed by atoms with Gasteiger partial charge in [-0.3, -0.25) is 4.79 Å². The number of halogens is 1. The summed E-state index contributed by atoms with van der Waals surface area (Å²) in [5.41, 5.74) is 5.88. The second-order valence-electron chi connectivity index (χ2n) is 6.78. The monoisotopic (exact) mass is 347 g/mol. The maximum atomic E-state index is 14.3. The maximum absolute atomic E-state index is 14.3. The van der Waals surface area contributed by atoms with Crippen molar-refractivity contribution >= 4 is 11.7 Å². The molecule has 1 aromatic rings. The van der Waals surface area contributed by atoms with Gasteiger partial charge < -0.3 is 20.3 Å². The van der Waals surface area contributed by atoms with Gasteiger partial charge in [0.05, 0.1) is 24.0 Å². The molecule has 2 aliphatic heterocycles. The summed E-state index contributed by atoms with van der Waals surface area (Å²) in [5.74, 6) is -1.10. The Hall–Kier alpha value is -2.40. The van der Waals surface area contributed by atoms with Crippen molar-refractivity contribution in [3.63, 3.8) is 0 Å². The van der Waals surface area contributed by atoms with Crippen molar-refractivity contribution in [1.29, 1.82) is 5.26 Å². The van der Waals surface area contributed by atoms with Crippen molar-refractivity contribution in [3.05, 3.63) is 23.1 Å². The number of carbonyl (C=O) groups excluding carboxylic acids is 1. The molecule has 0 unspecified atom stereocenters. The molecular formula is C17H22FN5O2. The molecule has 3 heterocycles. The van der Waals surface area contributed by atoms with Crippen molar-refractivity contribution in [1.82, 2.24) is 9.88 Å². The van der Waals surface area contributed by atoms with Crippen molar-refractivity contribution < 1.29 is 13.9 Å². The number of primary amides is 1. The third kappa shape index (κ3) is 3.37. The summed E-state index contributed by atoms with van der Waals surface area (Å²) >= 11 is 0. The zero-order valence-electron chi connectivity index (χ0n) is 14.4. The highest BCUT2D eigenvalue weighted by Gasteiger charge is 2.34. The molecule has 7 nitrogen and oxygen atoms in total. The standard InChI is InChI=1S/C17H22FN5O2/c1-10-6-23(7-11(2)25-10)17-14(12-3-4-22(8-12)9-19)15(16(20)24)13(18)5-21-17/h5,10-12H,3-4,6-8H2,1-2H3,(H2,20,24)/t10-,11+,12-/m0/s1. The molecule has 2 fully saturated rings. The van der Waals surface area contributed by atoms with Gasteiger partial charge in [-0.25, -0.2) is 9.37 Å². The summed E-state index contributed by atoms with van der Waals surface area (Å²) in [6.45, 7) is 6.14. The number of anilines is 1. The fourth-order valence-corrected chi connectivity index (χ4v) is 3.82. The third-order valence-corrected chi connectivity index (χ3v) is 4.75. The van der Waals surface area contributed by atoms with E-state index in [-0.39, 0.29) is 23.7 Å². The third-order valence-electron chi connectivity index (χ3n) is 4.75. The van der Waals surface area contributed by atoms with Crippen LogP contribution in [0.5, 0.6) is 0 Å². The molecule has 134 valence electrons. The van der Waals surface area contributed by atoms with Gasteiger partial charge in [0.25, 0.3) is 5.91 Å². The average Bonchev–Trinajstić information content (AvgIpc) is 3.01. The molecule has 0 spiro atoms. The normalized spacial score (nSPS) is 26.6. The first-order valence-electron chi connectivity index (χ1n) is 8.44. The Morgan fingerprint density at radius 3 is 2.64 bits per heavy atom. The first kappa shape index (κ1) is 17.4. The SMILES string of the molecule is C[C@@H]1CN(c2ncc(F)c(C(N)=O)c2[C@H]2CCN(C#N)C2)C[C@H](C)O1. The van der Waals surface area contributed by atoms with Crippen LogP contribution >= 0.6 is 0 Å². The number of pyridine rings is 1. The second-order valence-corrected chi connectivity index (χ2v) is 6.78. The molecule has 3 atom stereocenters. The van der Waals surface area contributed by atoms with Crippen LogP contribution in [-0.2, 0) is 4.74 Å². The Kier molecular flexibility index (Phi) is 4.77. The smallest absolute Gasteiger partial charge is 0.252 e. The molecule has 1 amide bonds. The topological polar surface area (TPSA) is 95.5 Å². The lowest BCUT2D eigenvalue weighted by Gasteiger charge is -2.37. The van der Waals surface area contributed by atoms with Crippen molar-refractivity contribution in [2.75, 3.05) is 31.1 Å². The molecule has 1 aromatic heterocycles. The van der Waals surface area contributed by atoms with E-state index in [1.165, 1.54) is 0 Å². The average molecular weight is 347 g/mol. The summed E-state index contributed by atoms with van der Waals surface area (Å²) in [4.78, 5) is 19.9. The van der Waals surface area contributed by atoms with Crippen molar-refractivity contribution in [2.45, 2.75) is 38.4 Å². The largest absolute Gasteiger partial charge is 0.372 e. The van der Waals surface area contributed by atoms with E-state index in [4.69, 9.17) is 15.7 Å². The van der Waals surface area contributed by atoms with Crippen LogP contribution in [-0.4, -0.2) is 54.2 Å². The number of likely N-dealkylation sites (tertiary alicyclic amines) is 1. The molecule has 2 N–H and O–H groups in total. The van der Waals surface area contributed by atoms with Crippen LogP contribution in [0.3, 0.4) is 0 Å². The number of nitriles is 1. The van der Waals surface area contributed by atoms with Crippen LogP contribution in [0.15, 0.2) is 6.20 Å². The van der Waals surface area contributed by atoms with E-state index in [0.717, 1.165) is 6.20 Å². The molecule has 0 bridgehead atoms. The molecule has 8 heteroatoms. The number of hydrogen-bond donors (Lipinski definition) is 1. The lowest BCUT2D eigenvalue weighted by atomic mass is 9.92. The minimum atomic E-state index is -0.805. The fraction of sp³-hybridized carbons (Fsp3) is 0.588. The second kappa shape index (κ2) is 6.84. The lowest BCUT2D eigenvalue weighted by molar-refractivity contribution is -0.00553. The highest BCUT2D eigenvalue weighted by atomic mass is 19.1. The Labute approximate surface area is 146 Å². The zero-order valence-corrected chi connectivity index (χ0v) is 14.4. The van der Waals surface area contributed by atoms with Gasteiger partial charge in [-0.2, -0.15) is 5.26 Å². The number of hydrogen-bond acceptors (Lipinski definition) is 6. The number of ether oxygens (including phenoxy) is 1. The molecule has 2 aliphatic rings. The van der Waals surface area contributed by atoms with Gasteiger partial charge in [0.2, 0.25) is 0 Å². The van der Waals surface area contributed by atoms with Crippen LogP contribution in [0.2, 0.25) is 0 Å². The summed E-state index contributed by atoms with van der Waals surface area (Å²) in [6, 6.07) is 0. The van der Waals surface area contributed by atoms with Crippen LogP contribution in [0, 0.1) is 17.3 Å². The van der Waals surface area contributed by atoms with Crippen LogP contribution < -0.4 is 10.6 Å². The zero-order chi connectivity index (χ0) is 18.1. The first-order chi connectivity index (χ1) is 11.9. The van der Waals surface area contributed by atoms with Crippen molar-refractivity contribution in [2.24, 2.45) is 5.73 Å². The highest BCUT2D eigenvalue weighted by molar-refractivity contribution is 5.96. The molecule has 0 aliphatic carbocycles. The fourth-order valence-electron chi connectivity index (χ4n) is 3.82. The Balaban J connectivity index is 2.07. The van der Waals surface area contributed by atoms with Gasteiger partial charge in [0, 0.05) is 37.7 Å². The molecule has 0 aromatic carbocycles.